The van der Waals surface area contributed by atoms with Crippen LogP contribution in [0.3, 0.4) is 0 Å². The summed E-state index contributed by atoms with van der Waals surface area (Å²) in [6.45, 7) is 2.43. The number of nitrogens with zero attached hydrogens (tertiary/aromatic N) is 1. The summed E-state index contributed by atoms with van der Waals surface area (Å²) >= 11 is 0. The van der Waals surface area contributed by atoms with Crippen molar-refractivity contribution in [3.8, 4) is 0 Å². The van der Waals surface area contributed by atoms with E-state index in [2.05, 4.69) is 41.5 Å². The van der Waals surface area contributed by atoms with Crippen LogP contribution >= 0.6 is 24.8 Å². The number of likely N-dealkylation sites (N-methyl/N-ethyl adjacent to an activating group) is 1. The minimum atomic E-state index is 0. The molecule has 16 heavy (non-hydrogen) atoms. The van der Waals surface area contributed by atoms with Crippen LogP contribution in [0.25, 0.3) is 0 Å². The molecule has 1 saturated heterocycles. The Labute approximate surface area is 109 Å². The van der Waals surface area contributed by atoms with Gasteiger partial charge in [-0.2, -0.15) is 0 Å². The average Bonchev–Trinajstić information content (AvgIpc) is 2.56. The molecule has 0 bridgehead atoms. The first kappa shape index (κ1) is 13.6. The predicted octanol–water partition coefficient (Wildman–Crippen LogP) is 2.74. The number of piperidine rings is 1. The predicted molar refractivity (Wildman–Crippen MR) is 73.2 cm³/mol. The van der Waals surface area contributed by atoms with Gasteiger partial charge < -0.3 is 10.2 Å². The van der Waals surface area contributed by atoms with Gasteiger partial charge >= 0.3 is 0 Å². The summed E-state index contributed by atoms with van der Waals surface area (Å²) in [6.07, 6.45) is 1.27. The van der Waals surface area contributed by atoms with Gasteiger partial charge in [0.2, 0.25) is 0 Å². The Morgan fingerprint density at radius 2 is 2.00 bits per heavy atom. The van der Waals surface area contributed by atoms with E-state index in [0.717, 1.165) is 0 Å². The molecule has 0 aromatic heterocycles. The summed E-state index contributed by atoms with van der Waals surface area (Å²) < 4.78 is 0. The molecular weight excluding hydrogens is 243 g/mol. The first-order chi connectivity index (χ1) is 6.84. The Hall–Kier alpha value is -0.440. The first-order valence-electron chi connectivity index (χ1n) is 5.38. The van der Waals surface area contributed by atoms with E-state index in [0.29, 0.717) is 12.0 Å². The van der Waals surface area contributed by atoms with E-state index in [1.807, 2.05) is 0 Å². The molecule has 1 aromatic carbocycles. The summed E-state index contributed by atoms with van der Waals surface area (Å²) in [6, 6.07) is 9.42. The molecular formula is C12H18Cl2N2. The molecule has 2 heterocycles. The van der Waals surface area contributed by atoms with Gasteiger partial charge in [-0.05, 0) is 31.6 Å². The third kappa shape index (κ3) is 2.15. The molecule has 1 N–H and O–H groups in total. The highest BCUT2D eigenvalue weighted by Gasteiger charge is 2.35. The zero-order valence-electron chi connectivity index (χ0n) is 9.35. The Bertz CT molecular complexity index is 357. The summed E-state index contributed by atoms with van der Waals surface area (Å²) in [5.41, 5.74) is 2.88. The zero-order valence-corrected chi connectivity index (χ0v) is 11.0. The highest BCUT2D eigenvalue weighted by Crippen LogP contribution is 2.39. The zero-order chi connectivity index (χ0) is 9.54. The largest absolute Gasteiger partial charge is 0.381 e. The van der Waals surface area contributed by atoms with Gasteiger partial charge in [0.15, 0.2) is 0 Å². The molecule has 0 saturated carbocycles. The summed E-state index contributed by atoms with van der Waals surface area (Å²) in [5, 5.41) is 3.63. The Balaban J connectivity index is 0.000000640. The van der Waals surface area contributed by atoms with Gasteiger partial charge in [-0.25, -0.2) is 0 Å². The van der Waals surface area contributed by atoms with Gasteiger partial charge in [0.25, 0.3) is 0 Å². The molecule has 2 aliphatic rings. The van der Waals surface area contributed by atoms with Crippen LogP contribution in [0.2, 0.25) is 0 Å². The normalized spacial score (nSPS) is 26.8. The topological polar surface area (TPSA) is 15.3 Å². The highest BCUT2D eigenvalue weighted by atomic mass is 35.5. The summed E-state index contributed by atoms with van der Waals surface area (Å²) in [7, 11) is 2.22. The van der Waals surface area contributed by atoms with Crippen LogP contribution in [0.1, 0.15) is 17.9 Å². The second-order valence-corrected chi connectivity index (χ2v) is 4.50. The number of nitrogens with one attached hydrogen (secondary N) is 1. The number of fused-ring (bicyclic) bond motifs is 3. The van der Waals surface area contributed by atoms with Crippen LogP contribution < -0.4 is 5.32 Å². The van der Waals surface area contributed by atoms with Gasteiger partial charge in [-0.3, -0.25) is 0 Å². The van der Waals surface area contributed by atoms with Crippen LogP contribution in [0.4, 0.5) is 5.69 Å². The highest BCUT2D eigenvalue weighted by molar-refractivity contribution is 5.85. The molecule has 2 unspecified atom stereocenters. The number of benzene rings is 1. The standard InChI is InChI=1S/C12H16N2.2ClH/c1-14-7-6-12-10(8-14)9-4-2-3-5-11(9)13-12;;/h2-5,10,12-13H,6-8H2,1H3;2*1H. The van der Waals surface area contributed by atoms with Crippen molar-refractivity contribution in [2.75, 3.05) is 25.5 Å². The van der Waals surface area contributed by atoms with Crippen LogP contribution in [-0.4, -0.2) is 31.1 Å². The third-order valence-electron chi connectivity index (χ3n) is 3.52. The molecule has 1 aromatic rings. The quantitative estimate of drug-likeness (QED) is 0.772. The number of hydrogen-bond donors (Lipinski definition) is 1. The molecule has 0 radical (unpaired) electrons. The minimum Gasteiger partial charge on any atom is -0.381 e. The van der Waals surface area contributed by atoms with Crippen LogP contribution in [-0.2, 0) is 0 Å². The lowest BCUT2D eigenvalue weighted by atomic mass is 9.90. The molecule has 90 valence electrons. The number of halogens is 2. The van der Waals surface area contributed by atoms with Crippen molar-refractivity contribution in [3.05, 3.63) is 29.8 Å². The van der Waals surface area contributed by atoms with E-state index in [1.54, 1.807) is 0 Å². The second-order valence-electron chi connectivity index (χ2n) is 4.50. The molecule has 3 rings (SSSR count). The first-order valence-corrected chi connectivity index (χ1v) is 5.38. The van der Waals surface area contributed by atoms with Crippen molar-refractivity contribution in [1.82, 2.24) is 4.90 Å². The number of likely N-dealkylation sites (tertiary alicyclic amines) is 1. The lowest BCUT2D eigenvalue weighted by Crippen LogP contribution is -2.39. The van der Waals surface area contributed by atoms with Crippen LogP contribution in [0.15, 0.2) is 24.3 Å². The average molecular weight is 261 g/mol. The van der Waals surface area contributed by atoms with Gasteiger partial charge in [-0.15, -0.1) is 24.8 Å². The molecule has 2 nitrogen and oxygen atoms in total. The maximum atomic E-state index is 3.63. The maximum Gasteiger partial charge on any atom is 0.0379 e. The van der Waals surface area contributed by atoms with Gasteiger partial charge in [0, 0.05) is 24.2 Å². The van der Waals surface area contributed by atoms with Gasteiger partial charge in [-0.1, -0.05) is 18.2 Å². The van der Waals surface area contributed by atoms with E-state index in [9.17, 15) is 0 Å². The van der Waals surface area contributed by atoms with Crippen molar-refractivity contribution >= 4 is 30.5 Å². The molecule has 2 atom stereocenters. The number of para-hydroxylation sites is 1. The Morgan fingerprint density at radius 3 is 2.81 bits per heavy atom. The van der Waals surface area contributed by atoms with E-state index >= 15 is 0 Å². The monoisotopic (exact) mass is 260 g/mol. The van der Waals surface area contributed by atoms with E-state index < -0.39 is 0 Å². The minimum absolute atomic E-state index is 0. The number of hydrogen-bond acceptors (Lipinski definition) is 2. The third-order valence-corrected chi connectivity index (χ3v) is 3.52. The fourth-order valence-corrected chi connectivity index (χ4v) is 2.75. The molecule has 1 fully saturated rings. The van der Waals surface area contributed by atoms with Crippen molar-refractivity contribution in [2.24, 2.45) is 0 Å². The molecule has 0 spiro atoms. The second kappa shape index (κ2) is 5.26. The SMILES string of the molecule is CN1CCC2Nc3ccccc3C2C1.Cl.Cl. The fraction of sp³-hybridized carbons (Fsp3) is 0.500. The molecule has 4 heteroatoms. The van der Waals surface area contributed by atoms with Crippen molar-refractivity contribution in [3.63, 3.8) is 0 Å². The summed E-state index contributed by atoms with van der Waals surface area (Å²) in [4.78, 5) is 2.44. The summed E-state index contributed by atoms with van der Waals surface area (Å²) in [5.74, 6) is 0.713. The fourth-order valence-electron chi connectivity index (χ4n) is 2.75. The van der Waals surface area contributed by atoms with E-state index in [1.165, 1.54) is 30.8 Å². The van der Waals surface area contributed by atoms with Crippen LogP contribution in [0, 0.1) is 0 Å². The van der Waals surface area contributed by atoms with Crippen molar-refractivity contribution < 1.29 is 0 Å². The smallest absolute Gasteiger partial charge is 0.0379 e. The number of anilines is 1. The van der Waals surface area contributed by atoms with E-state index in [4.69, 9.17) is 0 Å². The molecule has 0 amide bonds. The lowest BCUT2D eigenvalue weighted by Gasteiger charge is -2.32. The molecule has 0 aliphatic carbocycles. The van der Waals surface area contributed by atoms with Crippen LogP contribution in [0.5, 0.6) is 0 Å². The van der Waals surface area contributed by atoms with Crippen molar-refractivity contribution in [1.29, 1.82) is 0 Å². The van der Waals surface area contributed by atoms with Gasteiger partial charge in [0.05, 0.1) is 0 Å². The lowest BCUT2D eigenvalue weighted by molar-refractivity contribution is 0.243. The van der Waals surface area contributed by atoms with Crippen molar-refractivity contribution in [2.45, 2.75) is 18.4 Å². The maximum absolute atomic E-state index is 3.63. The molecule has 2 aliphatic heterocycles. The Morgan fingerprint density at radius 1 is 1.25 bits per heavy atom. The van der Waals surface area contributed by atoms with Gasteiger partial charge in [0.1, 0.15) is 0 Å². The number of rotatable bonds is 0. The van der Waals surface area contributed by atoms with E-state index in [-0.39, 0.29) is 24.8 Å². The Kier molecular flexibility index (Phi) is 4.48.